The van der Waals surface area contributed by atoms with Crippen LogP contribution in [0.3, 0.4) is 0 Å². The first-order chi connectivity index (χ1) is 7.49. The van der Waals surface area contributed by atoms with Crippen molar-refractivity contribution in [3.8, 4) is 0 Å². The van der Waals surface area contributed by atoms with Crippen LogP contribution < -0.4 is 0 Å². The average Bonchev–Trinajstić information content (AvgIpc) is 2.26. The van der Waals surface area contributed by atoms with Gasteiger partial charge in [-0.2, -0.15) is 0 Å². The van der Waals surface area contributed by atoms with Crippen molar-refractivity contribution >= 4 is 15.9 Å². The molecule has 1 aromatic rings. The molecular formula is C14H22BrN. The number of hydrogen-bond acceptors (Lipinski definition) is 1. The molecule has 0 radical (unpaired) electrons. The van der Waals surface area contributed by atoms with Crippen molar-refractivity contribution in [2.24, 2.45) is 0 Å². The van der Waals surface area contributed by atoms with Crippen LogP contribution in [0, 0.1) is 0 Å². The first-order valence-electron chi connectivity index (χ1n) is 5.98. The van der Waals surface area contributed by atoms with Crippen LogP contribution in [0.25, 0.3) is 0 Å². The maximum Gasteiger partial charge on any atom is 0.0178 e. The molecule has 0 unspecified atom stereocenters. The minimum atomic E-state index is 0.204. The quantitative estimate of drug-likeness (QED) is 0.788. The minimum Gasteiger partial charge on any atom is -0.303 e. The molecule has 0 amide bonds. The molecule has 0 aliphatic heterocycles. The van der Waals surface area contributed by atoms with Crippen molar-refractivity contribution in [3.63, 3.8) is 0 Å². The number of benzene rings is 1. The average molecular weight is 284 g/mol. The Labute approximate surface area is 108 Å². The highest BCUT2D eigenvalue weighted by molar-refractivity contribution is 9.10. The number of likely N-dealkylation sites (N-methyl/N-ethyl adjacent to an activating group) is 1. The molecule has 0 atom stereocenters. The Balaban J connectivity index is 2.84. The molecule has 16 heavy (non-hydrogen) atoms. The number of hydrogen-bond donors (Lipinski definition) is 0. The summed E-state index contributed by atoms with van der Waals surface area (Å²) in [5, 5.41) is 0. The summed E-state index contributed by atoms with van der Waals surface area (Å²) in [5.74, 6) is 0. The maximum atomic E-state index is 3.54. The third kappa shape index (κ3) is 3.60. The van der Waals surface area contributed by atoms with E-state index in [-0.39, 0.29) is 5.41 Å². The Morgan fingerprint density at radius 2 is 1.81 bits per heavy atom. The highest BCUT2D eigenvalue weighted by Crippen LogP contribution is 2.26. The van der Waals surface area contributed by atoms with E-state index in [1.54, 1.807) is 0 Å². The van der Waals surface area contributed by atoms with E-state index < -0.39 is 0 Å². The van der Waals surface area contributed by atoms with Gasteiger partial charge in [0, 0.05) is 16.4 Å². The predicted octanol–water partition coefficient (Wildman–Crippen LogP) is 4.07. The van der Waals surface area contributed by atoms with Gasteiger partial charge in [-0.15, -0.1) is 0 Å². The fourth-order valence-electron chi connectivity index (χ4n) is 2.01. The molecule has 0 N–H and O–H groups in total. The van der Waals surface area contributed by atoms with E-state index in [9.17, 15) is 0 Å². The summed E-state index contributed by atoms with van der Waals surface area (Å²) in [5.41, 5.74) is 1.60. The molecule has 0 spiro atoms. The summed E-state index contributed by atoms with van der Waals surface area (Å²) in [7, 11) is 0. The van der Waals surface area contributed by atoms with Crippen LogP contribution in [0.15, 0.2) is 28.7 Å². The van der Waals surface area contributed by atoms with Crippen molar-refractivity contribution in [1.29, 1.82) is 0 Å². The first kappa shape index (κ1) is 13.7. The molecule has 0 aliphatic carbocycles. The summed E-state index contributed by atoms with van der Waals surface area (Å²) in [6.07, 6.45) is 0. The molecule has 2 heteroatoms. The lowest BCUT2D eigenvalue weighted by Crippen LogP contribution is -2.36. The van der Waals surface area contributed by atoms with Gasteiger partial charge in [0.25, 0.3) is 0 Å². The molecule has 0 aromatic heterocycles. The van der Waals surface area contributed by atoms with Crippen LogP contribution in [0.4, 0.5) is 0 Å². The highest BCUT2D eigenvalue weighted by Gasteiger charge is 2.22. The summed E-state index contributed by atoms with van der Waals surface area (Å²) in [4.78, 5) is 2.47. The maximum absolute atomic E-state index is 3.54. The Hall–Kier alpha value is -0.340. The van der Waals surface area contributed by atoms with E-state index >= 15 is 0 Å². The first-order valence-corrected chi connectivity index (χ1v) is 6.77. The minimum absolute atomic E-state index is 0.204. The molecular weight excluding hydrogens is 262 g/mol. The second kappa shape index (κ2) is 5.83. The van der Waals surface area contributed by atoms with Crippen LogP contribution in [0.1, 0.15) is 33.3 Å². The van der Waals surface area contributed by atoms with E-state index in [4.69, 9.17) is 0 Å². The van der Waals surface area contributed by atoms with Gasteiger partial charge < -0.3 is 4.90 Å². The lowest BCUT2D eigenvalue weighted by Gasteiger charge is -2.32. The Morgan fingerprint density at radius 1 is 1.19 bits per heavy atom. The Bertz CT molecular complexity index is 329. The van der Waals surface area contributed by atoms with E-state index in [0.717, 1.165) is 24.1 Å². The zero-order valence-corrected chi connectivity index (χ0v) is 12.3. The van der Waals surface area contributed by atoms with Gasteiger partial charge in [-0.05, 0) is 30.8 Å². The molecule has 1 nitrogen and oxygen atoms in total. The third-order valence-electron chi connectivity index (χ3n) is 3.12. The van der Waals surface area contributed by atoms with Crippen LogP contribution in [0.2, 0.25) is 0 Å². The highest BCUT2D eigenvalue weighted by atomic mass is 79.9. The van der Waals surface area contributed by atoms with Gasteiger partial charge in [-0.25, -0.2) is 0 Å². The Kier molecular flexibility index (Phi) is 5.00. The SMILES string of the molecule is CCN(CC)CC(C)(C)c1cccc(Br)c1. The van der Waals surface area contributed by atoms with Gasteiger partial charge >= 0.3 is 0 Å². The summed E-state index contributed by atoms with van der Waals surface area (Å²) >= 11 is 3.54. The molecule has 0 fully saturated rings. The van der Waals surface area contributed by atoms with E-state index in [2.05, 4.69) is 72.8 Å². The van der Waals surface area contributed by atoms with Crippen molar-refractivity contribution in [1.82, 2.24) is 4.90 Å². The standard InChI is InChI=1S/C14H22BrN/c1-5-16(6-2)11-14(3,4)12-8-7-9-13(15)10-12/h7-10H,5-6,11H2,1-4H3. The zero-order chi connectivity index (χ0) is 12.2. The molecule has 0 aliphatic rings. The van der Waals surface area contributed by atoms with Crippen LogP contribution in [-0.4, -0.2) is 24.5 Å². The second-order valence-electron chi connectivity index (χ2n) is 4.86. The van der Waals surface area contributed by atoms with Gasteiger partial charge in [-0.1, -0.05) is 55.8 Å². The largest absolute Gasteiger partial charge is 0.303 e. The monoisotopic (exact) mass is 283 g/mol. The topological polar surface area (TPSA) is 3.24 Å². The fraction of sp³-hybridized carbons (Fsp3) is 0.571. The molecule has 1 aromatic carbocycles. The van der Waals surface area contributed by atoms with E-state index in [0.29, 0.717) is 0 Å². The zero-order valence-electron chi connectivity index (χ0n) is 10.8. The molecule has 0 saturated carbocycles. The van der Waals surface area contributed by atoms with Gasteiger partial charge in [0.15, 0.2) is 0 Å². The number of rotatable bonds is 5. The summed E-state index contributed by atoms with van der Waals surface area (Å²) in [6, 6.07) is 8.64. The van der Waals surface area contributed by atoms with Crippen LogP contribution in [-0.2, 0) is 5.41 Å². The summed E-state index contributed by atoms with van der Waals surface area (Å²) < 4.78 is 1.16. The molecule has 0 saturated heterocycles. The number of nitrogens with zero attached hydrogens (tertiary/aromatic N) is 1. The normalized spacial score (nSPS) is 12.1. The Morgan fingerprint density at radius 3 is 2.31 bits per heavy atom. The van der Waals surface area contributed by atoms with Crippen LogP contribution >= 0.6 is 15.9 Å². The number of halogens is 1. The van der Waals surface area contributed by atoms with Gasteiger partial charge in [0.1, 0.15) is 0 Å². The van der Waals surface area contributed by atoms with E-state index in [1.807, 2.05) is 0 Å². The summed E-state index contributed by atoms with van der Waals surface area (Å²) in [6.45, 7) is 12.4. The van der Waals surface area contributed by atoms with Gasteiger partial charge in [-0.3, -0.25) is 0 Å². The second-order valence-corrected chi connectivity index (χ2v) is 5.77. The fourth-order valence-corrected chi connectivity index (χ4v) is 2.41. The lowest BCUT2D eigenvalue weighted by molar-refractivity contribution is 0.245. The van der Waals surface area contributed by atoms with Crippen molar-refractivity contribution in [3.05, 3.63) is 34.3 Å². The van der Waals surface area contributed by atoms with Gasteiger partial charge in [0.2, 0.25) is 0 Å². The smallest absolute Gasteiger partial charge is 0.0178 e. The molecule has 0 bridgehead atoms. The van der Waals surface area contributed by atoms with Crippen molar-refractivity contribution in [2.45, 2.75) is 33.1 Å². The molecule has 90 valence electrons. The predicted molar refractivity (Wildman–Crippen MR) is 75.0 cm³/mol. The van der Waals surface area contributed by atoms with Crippen molar-refractivity contribution < 1.29 is 0 Å². The van der Waals surface area contributed by atoms with E-state index in [1.165, 1.54) is 5.56 Å². The van der Waals surface area contributed by atoms with Crippen LogP contribution in [0.5, 0.6) is 0 Å². The molecule has 1 rings (SSSR count). The van der Waals surface area contributed by atoms with Crippen molar-refractivity contribution in [2.75, 3.05) is 19.6 Å². The molecule has 0 heterocycles. The lowest BCUT2D eigenvalue weighted by atomic mass is 9.84. The van der Waals surface area contributed by atoms with Gasteiger partial charge in [0.05, 0.1) is 0 Å². The third-order valence-corrected chi connectivity index (χ3v) is 3.61.